The molecule has 3 rings (SSSR count). The highest BCUT2D eigenvalue weighted by atomic mass is 15.1. The molecular weight excluding hydrogens is 298 g/mol. The lowest BCUT2D eigenvalue weighted by Gasteiger charge is -2.19. The molecule has 128 valence electrons. The van der Waals surface area contributed by atoms with Crippen LogP contribution in [0.4, 0.5) is 23.0 Å². The molecule has 0 radical (unpaired) electrons. The Morgan fingerprint density at radius 2 is 1.71 bits per heavy atom. The predicted molar refractivity (Wildman–Crippen MR) is 101 cm³/mol. The van der Waals surface area contributed by atoms with E-state index < -0.39 is 0 Å². The molecule has 4 N–H and O–H groups in total. The quantitative estimate of drug-likeness (QED) is 0.719. The number of hydrogen-bond donors (Lipinski definition) is 3. The van der Waals surface area contributed by atoms with Crippen molar-refractivity contribution in [1.82, 2.24) is 9.97 Å². The number of nitrogens with zero attached hydrogens (tertiary/aromatic N) is 2. The summed E-state index contributed by atoms with van der Waals surface area (Å²) in [7, 11) is 0. The summed E-state index contributed by atoms with van der Waals surface area (Å²) in [5.74, 6) is 1.40. The standard InChI is InChI=1S/C19H27N5/c1-13-9-10-16(14(2)11-13)24-19-17(20)18(21-12-22-19)23-15-7-5-3-4-6-8-15/h9-12,15H,3-8,20H2,1-2H3,(H2,21,22,23,24). The van der Waals surface area contributed by atoms with Gasteiger partial charge in [-0.15, -0.1) is 0 Å². The van der Waals surface area contributed by atoms with Crippen molar-refractivity contribution in [1.29, 1.82) is 0 Å². The van der Waals surface area contributed by atoms with Crippen molar-refractivity contribution in [2.75, 3.05) is 16.4 Å². The van der Waals surface area contributed by atoms with Gasteiger partial charge in [-0.1, -0.05) is 43.4 Å². The minimum Gasteiger partial charge on any atom is -0.393 e. The van der Waals surface area contributed by atoms with Crippen LogP contribution in [0.3, 0.4) is 0 Å². The lowest BCUT2D eigenvalue weighted by atomic mass is 10.1. The Kier molecular flexibility index (Phi) is 5.18. The van der Waals surface area contributed by atoms with Crippen LogP contribution in [-0.4, -0.2) is 16.0 Å². The molecule has 0 amide bonds. The van der Waals surface area contributed by atoms with Crippen LogP contribution in [0.5, 0.6) is 0 Å². The highest BCUT2D eigenvalue weighted by molar-refractivity contribution is 5.78. The molecule has 1 aliphatic carbocycles. The summed E-state index contributed by atoms with van der Waals surface area (Å²) in [5, 5.41) is 6.86. The summed E-state index contributed by atoms with van der Waals surface area (Å²) in [6.07, 6.45) is 9.15. The van der Waals surface area contributed by atoms with Gasteiger partial charge in [0.05, 0.1) is 0 Å². The second-order valence-corrected chi connectivity index (χ2v) is 6.76. The number of anilines is 4. The molecule has 24 heavy (non-hydrogen) atoms. The molecule has 5 nitrogen and oxygen atoms in total. The second kappa shape index (κ2) is 7.51. The molecule has 0 bridgehead atoms. The summed E-state index contributed by atoms with van der Waals surface area (Å²) < 4.78 is 0. The van der Waals surface area contributed by atoms with Gasteiger partial charge in [0.2, 0.25) is 0 Å². The number of benzene rings is 1. The van der Waals surface area contributed by atoms with E-state index in [-0.39, 0.29) is 0 Å². The van der Waals surface area contributed by atoms with Gasteiger partial charge >= 0.3 is 0 Å². The molecule has 0 unspecified atom stereocenters. The van der Waals surface area contributed by atoms with Gasteiger partial charge in [-0.25, -0.2) is 9.97 Å². The smallest absolute Gasteiger partial charge is 0.159 e. The van der Waals surface area contributed by atoms with Crippen molar-refractivity contribution >= 4 is 23.0 Å². The first-order valence-corrected chi connectivity index (χ1v) is 8.85. The molecule has 1 heterocycles. The van der Waals surface area contributed by atoms with Gasteiger partial charge in [-0.3, -0.25) is 0 Å². The van der Waals surface area contributed by atoms with Gasteiger partial charge in [0, 0.05) is 11.7 Å². The van der Waals surface area contributed by atoms with Gasteiger partial charge in [0.1, 0.15) is 12.0 Å². The zero-order valence-corrected chi connectivity index (χ0v) is 14.6. The second-order valence-electron chi connectivity index (χ2n) is 6.76. The third-order valence-corrected chi connectivity index (χ3v) is 4.71. The van der Waals surface area contributed by atoms with E-state index in [0.717, 1.165) is 11.5 Å². The number of nitrogen functional groups attached to an aromatic ring is 1. The van der Waals surface area contributed by atoms with Crippen LogP contribution in [0, 0.1) is 13.8 Å². The first-order chi connectivity index (χ1) is 11.6. The normalized spacial score (nSPS) is 15.8. The lowest BCUT2D eigenvalue weighted by molar-refractivity contribution is 0.618. The fraction of sp³-hybridized carbons (Fsp3) is 0.474. The molecule has 0 atom stereocenters. The predicted octanol–water partition coefficient (Wildman–Crippen LogP) is 4.55. The Bertz CT molecular complexity index is 690. The molecule has 0 aliphatic heterocycles. The zero-order valence-electron chi connectivity index (χ0n) is 14.6. The average molecular weight is 325 g/mol. The molecular formula is C19H27N5. The van der Waals surface area contributed by atoms with Gasteiger partial charge in [0.15, 0.2) is 11.6 Å². The maximum atomic E-state index is 6.32. The largest absolute Gasteiger partial charge is 0.393 e. The van der Waals surface area contributed by atoms with Crippen LogP contribution in [0.15, 0.2) is 24.5 Å². The molecule has 5 heteroatoms. The van der Waals surface area contributed by atoms with E-state index in [2.05, 4.69) is 52.6 Å². The SMILES string of the molecule is Cc1ccc(Nc2ncnc(NC3CCCCCC3)c2N)c(C)c1. The van der Waals surface area contributed by atoms with E-state index in [1.54, 1.807) is 6.33 Å². The van der Waals surface area contributed by atoms with E-state index in [0.29, 0.717) is 17.5 Å². The number of aryl methyl sites for hydroxylation is 2. The number of aromatic nitrogens is 2. The molecule has 1 fully saturated rings. The van der Waals surface area contributed by atoms with Crippen LogP contribution in [0.25, 0.3) is 0 Å². The van der Waals surface area contributed by atoms with Gasteiger partial charge in [0.25, 0.3) is 0 Å². The Hall–Kier alpha value is -2.30. The van der Waals surface area contributed by atoms with Crippen LogP contribution in [0.2, 0.25) is 0 Å². The Morgan fingerprint density at radius 1 is 1.00 bits per heavy atom. The maximum absolute atomic E-state index is 6.32. The van der Waals surface area contributed by atoms with E-state index >= 15 is 0 Å². The number of hydrogen-bond acceptors (Lipinski definition) is 5. The van der Waals surface area contributed by atoms with E-state index in [1.165, 1.54) is 49.7 Å². The van der Waals surface area contributed by atoms with Crippen molar-refractivity contribution in [3.8, 4) is 0 Å². The molecule has 2 aromatic rings. The van der Waals surface area contributed by atoms with Gasteiger partial charge in [-0.05, 0) is 38.3 Å². The highest BCUT2D eigenvalue weighted by Crippen LogP contribution is 2.29. The topological polar surface area (TPSA) is 75.9 Å². The van der Waals surface area contributed by atoms with Gasteiger partial charge < -0.3 is 16.4 Å². The Morgan fingerprint density at radius 3 is 2.42 bits per heavy atom. The molecule has 1 aliphatic rings. The zero-order chi connectivity index (χ0) is 16.9. The average Bonchev–Trinajstić information content (AvgIpc) is 2.82. The number of nitrogens with one attached hydrogen (secondary N) is 2. The van der Waals surface area contributed by atoms with Crippen LogP contribution >= 0.6 is 0 Å². The third kappa shape index (κ3) is 3.96. The Balaban J connectivity index is 1.77. The lowest BCUT2D eigenvalue weighted by Crippen LogP contribution is -2.20. The van der Waals surface area contributed by atoms with Crippen molar-refractivity contribution in [3.63, 3.8) is 0 Å². The summed E-state index contributed by atoms with van der Waals surface area (Å²) in [5.41, 5.74) is 10.3. The number of rotatable bonds is 4. The summed E-state index contributed by atoms with van der Waals surface area (Å²) in [6, 6.07) is 6.74. The minimum atomic E-state index is 0.457. The van der Waals surface area contributed by atoms with Crippen LogP contribution < -0.4 is 16.4 Å². The van der Waals surface area contributed by atoms with E-state index in [9.17, 15) is 0 Å². The first kappa shape index (κ1) is 16.6. The first-order valence-electron chi connectivity index (χ1n) is 8.85. The number of nitrogens with two attached hydrogens (primary N) is 1. The van der Waals surface area contributed by atoms with E-state index in [4.69, 9.17) is 5.73 Å². The third-order valence-electron chi connectivity index (χ3n) is 4.71. The van der Waals surface area contributed by atoms with E-state index in [1.807, 2.05) is 0 Å². The summed E-state index contributed by atoms with van der Waals surface area (Å²) >= 11 is 0. The van der Waals surface area contributed by atoms with Crippen molar-refractivity contribution in [3.05, 3.63) is 35.7 Å². The monoisotopic (exact) mass is 325 g/mol. The van der Waals surface area contributed by atoms with Crippen LogP contribution in [-0.2, 0) is 0 Å². The molecule has 0 spiro atoms. The van der Waals surface area contributed by atoms with Gasteiger partial charge in [-0.2, -0.15) is 0 Å². The minimum absolute atomic E-state index is 0.457. The molecule has 0 saturated heterocycles. The molecule has 1 saturated carbocycles. The summed E-state index contributed by atoms with van der Waals surface area (Å²) in [6.45, 7) is 4.17. The van der Waals surface area contributed by atoms with Crippen molar-refractivity contribution < 1.29 is 0 Å². The molecule has 1 aromatic heterocycles. The Labute approximate surface area is 144 Å². The van der Waals surface area contributed by atoms with Crippen LogP contribution in [0.1, 0.15) is 49.7 Å². The fourth-order valence-electron chi connectivity index (χ4n) is 3.31. The maximum Gasteiger partial charge on any atom is 0.159 e. The van der Waals surface area contributed by atoms with Crippen molar-refractivity contribution in [2.45, 2.75) is 58.4 Å². The highest BCUT2D eigenvalue weighted by Gasteiger charge is 2.16. The molecule has 1 aromatic carbocycles. The fourth-order valence-corrected chi connectivity index (χ4v) is 3.31. The summed E-state index contributed by atoms with van der Waals surface area (Å²) in [4.78, 5) is 8.68. The van der Waals surface area contributed by atoms with Crippen molar-refractivity contribution in [2.24, 2.45) is 0 Å².